The van der Waals surface area contributed by atoms with E-state index in [0.717, 1.165) is 16.9 Å². The van der Waals surface area contributed by atoms with Gasteiger partial charge in [0.25, 0.3) is 5.91 Å². The minimum absolute atomic E-state index is 0.0786. The summed E-state index contributed by atoms with van der Waals surface area (Å²) in [5.41, 5.74) is 5.63. The van der Waals surface area contributed by atoms with Crippen molar-refractivity contribution in [2.24, 2.45) is 5.10 Å². The van der Waals surface area contributed by atoms with Gasteiger partial charge in [0.2, 0.25) is 0 Å². The minimum atomic E-state index is -0.446. The summed E-state index contributed by atoms with van der Waals surface area (Å²) < 4.78 is 5.79. The van der Waals surface area contributed by atoms with Crippen LogP contribution in [0.3, 0.4) is 0 Å². The molecule has 32 heavy (non-hydrogen) atoms. The van der Waals surface area contributed by atoms with Gasteiger partial charge in [-0.1, -0.05) is 35.9 Å². The van der Waals surface area contributed by atoms with E-state index in [1.165, 1.54) is 6.21 Å². The maximum absolute atomic E-state index is 12.3. The van der Waals surface area contributed by atoms with Crippen molar-refractivity contribution in [2.45, 2.75) is 6.61 Å². The van der Waals surface area contributed by atoms with Gasteiger partial charge in [-0.15, -0.1) is 0 Å². The smallest absolute Gasteiger partial charge is 0.289 e. The van der Waals surface area contributed by atoms with Crippen LogP contribution in [-0.4, -0.2) is 27.4 Å². The highest BCUT2D eigenvalue weighted by molar-refractivity contribution is 6.30. The average molecular weight is 447 g/mol. The van der Waals surface area contributed by atoms with Crippen molar-refractivity contribution in [3.8, 4) is 22.8 Å². The predicted octanol–water partition coefficient (Wildman–Crippen LogP) is 4.78. The largest absolute Gasteiger partial charge is 0.507 e. The van der Waals surface area contributed by atoms with Crippen molar-refractivity contribution in [3.63, 3.8) is 0 Å². The molecule has 1 aromatic heterocycles. The van der Waals surface area contributed by atoms with Crippen molar-refractivity contribution in [1.29, 1.82) is 0 Å². The number of halogens is 1. The summed E-state index contributed by atoms with van der Waals surface area (Å²) >= 11 is 5.89. The van der Waals surface area contributed by atoms with Gasteiger partial charge in [0.15, 0.2) is 0 Å². The van der Waals surface area contributed by atoms with E-state index in [2.05, 4.69) is 20.7 Å². The molecule has 0 unspecified atom stereocenters. The van der Waals surface area contributed by atoms with Crippen LogP contribution in [0.4, 0.5) is 0 Å². The molecule has 4 rings (SSSR count). The molecule has 0 spiro atoms. The number of carbonyl (C=O) groups excluding carboxylic acids is 1. The Morgan fingerprint density at radius 2 is 1.84 bits per heavy atom. The molecule has 8 heteroatoms. The highest BCUT2D eigenvalue weighted by Crippen LogP contribution is 2.22. The maximum atomic E-state index is 12.3. The monoisotopic (exact) mass is 446 g/mol. The van der Waals surface area contributed by atoms with Crippen LogP contribution in [0.5, 0.6) is 11.5 Å². The molecule has 1 heterocycles. The van der Waals surface area contributed by atoms with E-state index in [0.29, 0.717) is 22.9 Å². The molecule has 0 atom stereocenters. The molecule has 3 aromatic carbocycles. The van der Waals surface area contributed by atoms with Crippen molar-refractivity contribution in [1.82, 2.24) is 15.6 Å². The maximum Gasteiger partial charge on any atom is 0.289 e. The fourth-order valence-electron chi connectivity index (χ4n) is 2.87. The lowest BCUT2D eigenvalue weighted by Gasteiger charge is -2.07. The normalized spacial score (nSPS) is 10.9. The molecule has 1 amide bonds. The lowest BCUT2D eigenvalue weighted by atomic mass is 10.1. The number of carbonyl (C=O) groups is 1. The Bertz CT molecular complexity index is 1230. The molecular weight excluding hydrogens is 428 g/mol. The molecule has 0 fully saturated rings. The number of hydrogen-bond donors (Lipinski definition) is 3. The Kier molecular flexibility index (Phi) is 6.48. The van der Waals surface area contributed by atoms with Crippen LogP contribution < -0.4 is 10.2 Å². The van der Waals surface area contributed by atoms with Crippen LogP contribution in [0, 0.1) is 0 Å². The Hall–Kier alpha value is -4.10. The zero-order valence-corrected chi connectivity index (χ0v) is 17.6. The van der Waals surface area contributed by atoms with E-state index in [1.54, 1.807) is 30.3 Å². The molecule has 7 nitrogen and oxygen atoms in total. The lowest BCUT2D eigenvalue weighted by Crippen LogP contribution is -2.18. The summed E-state index contributed by atoms with van der Waals surface area (Å²) in [6.07, 6.45) is 1.37. The number of nitrogens with one attached hydrogen (secondary N) is 2. The standard InChI is InChI=1S/C24H19ClN4O3/c25-19-9-5-16(6-10-19)15-32-20-11-7-17(8-12-20)21-13-22(28-27-21)24(31)29-26-14-18-3-1-2-4-23(18)30/h1-14,30H,15H2,(H,27,28)(H,29,31)/b26-14+. The Morgan fingerprint density at radius 3 is 2.59 bits per heavy atom. The first-order chi connectivity index (χ1) is 15.6. The first kappa shape index (κ1) is 21.1. The number of phenolic OH excluding ortho intramolecular Hbond substituents is 1. The zero-order valence-electron chi connectivity index (χ0n) is 16.8. The van der Waals surface area contributed by atoms with Gasteiger partial charge in [0.05, 0.1) is 11.9 Å². The SMILES string of the molecule is O=C(N/N=C/c1ccccc1O)c1cc(-c2ccc(OCc3ccc(Cl)cc3)cc2)n[nH]1. The summed E-state index contributed by atoms with van der Waals surface area (Å²) in [7, 11) is 0. The number of hydrazone groups is 1. The fraction of sp³-hybridized carbons (Fsp3) is 0.0417. The third-order valence-electron chi connectivity index (χ3n) is 4.60. The van der Waals surface area contributed by atoms with E-state index in [4.69, 9.17) is 16.3 Å². The van der Waals surface area contributed by atoms with Crippen molar-refractivity contribution in [3.05, 3.63) is 101 Å². The number of amides is 1. The Labute approximate surface area is 189 Å². The van der Waals surface area contributed by atoms with Gasteiger partial charge in [-0.25, -0.2) is 5.43 Å². The quantitative estimate of drug-likeness (QED) is 0.281. The number of aromatic hydroxyl groups is 1. The number of aromatic amines is 1. The summed E-state index contributed by atoms with van der Waals surface area (Å²) in [6.45, 7) is 0.435. The van der Waals surface area contributed by atoms with Crippen molar-refractivity contribution < 1.29 is 14.6 Å². The van der Waals surface area contributed by atoms with E-state index in [-0.39, 0.29) is 11.4 Å². The average Bonchev–Trinajstić information content (AvgIpc) is 3.31. The van der Waals surface area contributed by atoms with E-state index in [1.807, 2.05) is 48.5 Å². The second-order valence-electron chi connectivity index (χ2n) is 6.86. The molecule has 0 radical (unpaired) electrons. The van der Waals surface area contributed by atoms with Crippen LogP contribution in [0.2, 0.25) is 5.02 Å². The number of hydrogen-bond acceptors (Lipinski definition) is 5. The molecule has 0 bridgehead atoms. The molecule has 0 saturated heterocycles. The summed E-state index contributed by atoms with van der Waals surface area (Å²) in [5.74, 6) is 0.351. The molecule has 160 valence electrons. The van der Waals surface area contributed by atoms with Gasteiger partial charge in [-0.3, -0.25) is 9.89 Å². The second-order valence-corrected chi connectivity index (χ2v) is 7.30. The van der Waals surface area contributed by atoms with Crippen LogP contribution in [0.1, 0.15) is 21.6 Å². The molecule has 4 aromatic rings. The summed E-state index contributed by atoms with van der Waals surface area (Å²) in [6, 6.07) is 23.2. The topological polar surface area (TPSA) is 99.6 Å². The molecule has 0 aliphatic heterocycles. The third kappa shape index (κ3) is 5.33. The molecule has 0 aliphatic rings. The number of benzene rings is 3. The number of aromatic nitrogens is 2. The Morgan fingerprint density at radius 1 is 1.09 bits per heavy atom. The highest BCUT2D eigenvalue weighted by Gasteiger charge is 2.11. The number of phenols is 1. The van der Waals surface area contributed by atoms with Gasteiger partial charge in [0.1, 0.15) is 23.8 Å². The highest BCUT2D eigenvalue weighted by atomic mass is 35.5. The van der Waals surface area contributed by atoms with Crippen LogP contribution in [0.25, 0.3) is 11.3 Å². The van der Waals surface area contributed by atoms with Gasteiger partial charge < -0.3 is 9.84 Å². The Balaban J connectivity index is 1.34. The fourth-order valence-corrected chi connectivity index (χ4v) is 3.00. The summed E-state index contributed by atoms with van der Waals surface area (Å²) in [5, 5.41) is 21.2. The first-order valence-corrected chi connectivity index (χ1v) is 10.1. The number of nitrogens with zero attached hydrogens (tertiary/aromatic N) is 2. The molecule has 0 aliphatic carbocycles. The van der Waals surface area contributed by atoms with Crippen LogP contribution in [0.15, 0.2) is 84.0 Å². The van der Waals surface area contributed by atoms with Gasteiger partial charge in [0, 0.05) is 16.1 Å². The number of rotatable bonds is 7. The van der Waals surface area contributed by atoms with Gasteiger partial charge >= 0.3 is 0 Å². The number of para-hydroxylation sites is 1. The van der Waals surface area contributed by atoms with E-state index < -0.39 is 5.91 Å². The van der Waals surface area contributed by atoms with Crippen LogP contribution >= 0.6 is 11.6 Å². The zero-order chi connectivity index (χ0) is 22.3. The van der Waals surface area contributed by atoms with Crippen molar-refractivity contribution in [2.75, 3.05) is 0 Å². The van der Waals surface area contributed by atoms with Gasteiger partial charge in [-0.2, -0.15) is 10.2 Å². The minimum Gasteiger partial charge on any atom is -0.507 e. The third-order valence-corrected chi connectivity index (χ3v) is 4.85. The number of ether oxygens (including phenoxy) is 1. The van der Waals surface area contributed by atoms with Gasteiger partial charge in [-0.05, 0) is 60.2 Å². The molecular formula is C24H19ClN4O3. The number of H-pyrrole nitrogens is 1. The lowest BCUT2D eigenvalue weighted by molar-refractivity contribution is 0.0950. The molecule has 3 N–H and O–H groups in total. The van der Waals surface area contributed by atoms with Crippen LogP contribution in [-0.2, 0) is 6.61 Å². The van der Waals surface area contributed by atoms with E-state index >= 15 is 0 Å². The summed E-state index contributed by atoms with van der Waals surface area (Å²) in [4.78, 5) is 12.3. The first-order valence-electron chi connectivity index (χ1n) is 9.73. The van der Waals surface area contributed by atoms with Crippen molar-refractivity contribution >= 4 is 23.7 Å². The van der Waals surface area contributed by atoms with E-state index in [9.17, 15) is 9.90 Å². The predicted molar refractivity (Wildman–Crippen MR) is 123 cm³/mol. The molecule has 0 saturated carbocycles. The second kappa shape index (κ2) is 9.80.